The zero-order valence-electron chi connectivity index (χ0n) is 11.1. The van der Waals surface area contributed by atoms with E-state index in [-0.39, 0.29) is 24.1 Å². The number of benzene rings is 1. The van der Waals surface area contributed by atoms with Crippen molar-refractivity contribution < 1.29 is 14.8 Å². The maximum absolute atomic E-state index is 11.9. The first kappa shape index (κ1) is 14.5. The van der Waals surface area contributed by atoms with Crippen LogP contribution in [0.15, 0.2) is 24.3 Å². The van der Waals surface area contributed by atoms with Gasteiger partial charge in [0.15, 0.2) is 0 Å². The van der Waals surface area contributed by atoms with E-state index in [4.69, 9.17) is 0 Å². The molecule has 0 heterocycles. The van der Waals surface area contributed by atoms with Crippen LogP contribution < -0.4 is 5.32 Å². The van der Waals surface area contributed by atoms with Crippen LogP contribution in [-0.4, -0.2) is 28.1 Å². The van der Waals surface area contributed by atoms with E-state index in [1.807, 2.05) is 0 Å². The Balaban J connectivity index is 1.89. The van der Waals surface area contributed by atoms with Crippen molar-refractivity contribution in [3.05, 3.63) is 39.9 Å². The SMILES string of the molecule is O=C(Cc1ccc([N+](=O)[O-])cc1)N[C@H]1CCCC[C@@H]1O. The largest absolute Gasteiger partial charge is 0.391 e. The molecule has 2 atom stereocenters. The lowest BCUT2D eigenvalue weighted by molar-refractivity contribution is -0.384. The lowest BCUT2D eigenvalue weighted by atomic mass is 9.92. The Bertz CT molecular complexity index is 486. The number of nitro benzene ring substituents is 1. The van der Waals surface area contributed by atoms with Gasteiger partial charge in [-0.15, -0.1) is 0 Å². The molecular formula is C14H18N2O4. The van der Waals surface area contributed by atoms with Gasteiger partial charge < -0.3 is 10.4 Å². The molecular weight excluding hydrogens is 260 g/mol. The van der Waals surface area contributed by atoms with Crippen molar-refractivity contribution in [2.45, 2.75) is 44.2 Å². The highest BCUT2D eigenvalue weighted by Crippen LogP contribution is 2.18. The monoisotopic (exact) mass is 278 g/mol. The molecule has 0 aliphatic heterocycles. The van der Waals surface area contributed by atoms with E-state index in [0.717, 1.165) is 31.2 Å². The summed E-state index contributed by atoms with van der Waals surface area (Å²) in [4.78, 5) is 22.0. The van der Waals surface area contributed by atoms with E-state index in [1.165, 1.54) is 12.1 Å². The second kappa shape index (κ2) is 6.47. The average molecular weight is 278 g/mol. The summed E-state index contributed by atoms with van der Waals surface area (Å²) in [7, 11) is 0. The van der Waals surface area contributed by atoms with Gasteiger partial charge in [0.25, 0.3) is 5.69 Å². The molecule has 0 aromatic heterocycles. The number of nitrogens with one attached hydrogen (secondary N) is 1. The first-order chi connectivity index (χ1) is 9.56. The van der Waals surface area contributed by atoms with Crippen LogP contribution in [0.25, 0.3) is 0 Å². The summed E-state index contributed by atoms with van der Waals surface area (Å²) in [6, 6.07) is 5.76. The molecule has 1 aliphatic rings. The van der Waals surface area contributed by atoms with Crippen LogP contribution in [0.2, 0.25) is 0 Å². The summed E-state index contributed by atoms with van der Waals surface area (Å²) < 4.78 is 0. The van der Waals surface area contributed by atoms with Crippen LogP contribution >= 0.6 is 0 Å². The summed E-state index contributed by atoms with van der Waals surface area (Å²) in [6.07, 6.45) is 3.23. The van der Waals surface area contributed by atoms with Gasteiger partial charge in [-0.1, -0.05) is 25.0 Å². The van der Waals surface area contributed by atoms with Gasteiger partial charge in [0.05, 0.1) is 23.5 Å². The second-order valence-corrected chi connectivity index (χ2v) is 5.13. The number of nitrogens with zero attached hydrogens (tertiary/aromatic N) is 1. The van der Waals surface area contributed by atoms with Crippen molar-refractivity contribution in [1.82, 2.24) is 5.32 Å². The van der Waals surface area contributed by atoms with Gasteiger partial charge in [0.2, 0.25) is 5.91 Å². The molecule has 20 heavy (non-hydrogen) atoms. The molecule has 2 rings (SSSR count). The Hall–Kier alpha value is -1.95. The lowest BCUT2D eigenvalue weighted by Crippen LogP contribution is -2.45. The Morgan fingerprint density at radius 1 is 1.30 bits per heavy atom. The molecule has 1 aliphatic carbocycles. The molecule has 108 valence electrons. The summed E-state index contributed by atoms with van der Waals surface area (Å²) in [5.74, 6) is -0.162. The summed E-state index contributed by atoms with van der Waals surface area (Å²) in [5, 5.41) is 23.2. The van der Waals surface area contributed by atoms with E-state index in [2.05, 4.69) is 5.32 Å². The highest BCUT2D eigenvalue weighted by molar-refractivity contribution is 5.79. The molecule has 2 N–H and O–H groups in total. The minimum atomic E-state index is -0.470. The number of aliphatic hydroxyl groups is 1. The molecule has 0 bridgehead atoms. The zero-order chi connectivity index (χ0) is 14.5. The van der Waals surface area contributed by atoms with Crippen LogP contribution in [0.5, 0.6) is 0 Å². The molecule has 1 aromatic rings. The number of carbonyl (C=O) groups is 1. The predicted molar refractivity (Wildman–Crippen MR) is 73.2 cm³/mol. The standard InChI is InChI=1S/C14H18N2O4/c17-13-4-2-1-3-12(13)15-14(18)9-10-5-7-11(8-6-10)16(19)20/h5-8,12-13,17H,1-4,9H2,(H,15,18)/t12-,13-/m0/s1. The number of amides is 1. The molecule has 1 aromatic carbocycles. The highest BCUT2D eigenvalue weighted by atomic mass is 16.6. The number of non-ortho nitro benzene ring substituents is 1. The minimum absolute atomic E-state index is 0.0110. The molecule has 6 heteroatoms. The molecule has 0 saturated heterocycles. The van der Waals surface area contributed by atoms with Crippen molar-refractivity contribution in [3.63, 3.8) is 0 Å². The third-order valence-corrected chi connectivity index (χ3v) is 3.59. The maximum atomic E-state index is 11.9. The fourth-order valence-electron chi connectivity index (χ4n) is 2.46. The number of aliphatic hydroxyl groups excluding tert-OH is 1. The van der Waals surface area contributed by atoms with E-state index in [9.17, 15) is 20.0 Å². The van der Waals surface area contributed by atoms with Crippen molar-refractivity contribution in [2.75, 3.05) is 0 Å². The summed E-state index contributed by atoms with van der Waals surface area (Å²) >= 11 is 0. The molecule has 6 nitrogen and oxygen atoms in total. The van der Waals surface area contributed by atoms with Crippen LogP contribution in [0, 0.1) is 10.1 Å². The molecule has 0 spiro atoms. The third kappa shape index (κ3) is 3.77. The van der Waals surface area contributed by atoms with Gasteiger partial charge in [-0.05, 0) is 18.4 Å². The maximum Gasteiger partial charge on any atom is 0.269 e. The smallest absolute Gasteiger partial charge is 0.269 e. The Kier molecular flexibility index (Phi) is 4.68. The van der Waals surface area contributed by atoms with E-state index in [1.54, 1.807) is 12.1 Å². The number of nitro groups is 1. The van der Waals surface area contributed by atoms with Gasteiger partial charge in [-0.2, -0.15) is 0 Å². The first-order valence-corrected chi connectivity index (χ1v) is 6.77. The Labute approximate surface area is 117 Å². The third-order valence-electron chi connectivity index (χ3n) is 3.59. The summed E-state index contributed by atoms with van der Waals surface area (Å²) in [5.41, 5.74) is 0.732. The first-order valence-electron chi connectivity index (χ1n) is 6.77. The lowest BCUT2D eigenvalue weighted by Gasteiger charge is -2.28. The van der Waals surface area contributed by atoms with Gasteiger partial charge in [0.1, 0.15) is 0 Å². The Morgan fingerprint density at radius 2 is 1.95 bits per heavy atom. The average Bonchev–Trinajstić information content (AvgIpc) is 2.42. The molecule has 1 saturated carbocycles. The summed E-state index contributed by atoms with van der Waals surface area (Å²) in [6.45, 7) is 0. The fraction of sp³-hybridized carbons (Fsp3) is 0.500. The Morgan fingerprint density at radius 3 is 2.55 bits per heavy atom. The molecule has 0 radical (unpaired) electrons. The van der Waals surface area contributed by atoms with E-state index >= 15 is 0 Å². The van der Waals surface area contributed by atoms with Crippen molar-refractivity contribution in [2.24, 2.45) is 0 Å². The number of hydrogen-bond acceptors (Lipinski definition) is 4. The van der Waals surface area contributed by atoms with Crippen LogP contribution in [0.4, 0.5) is 5.69 Å². The normalized spacial score (nSPS) is 22.2. The van der Waals surface area contributed by atoms with Crippen LogP contribution in [0.1, 0.15) is 31.2 Å². The number of carbonyl (C=O) groups excluding carboxylic acids is 1. The van der Waals surface area contributed by atoms with E-state index < -0.39 is 11.0 Å². The molecule has 1 fully saturated rings. The molecule has 0 unspecified atom stereocenters. The van der Waals surface area contributed by atoms with Crippen LogP contribution in [0.3, 0.4) is 0 Å². The van der Waals surface area contributed by atoms with Gasteiger partial charge in [-0.25, -0.2) is 0 Å². The van der Waals surface area contributed by atoms with Crippen molar-refractivity contribution in [3.8, 4) is 0 Å². The van der Waals surface area contributed by atoms with Crippen LogP contribution in [-0.2, 0) is 11.2 Å². The highest BCUT2D eigenvalue weighted by Gasteiger charge is 2.24. The number of hydrogen-bond donors (Lipinski definition) is 2. The zero-order valence-corrected chi connectivity index (χ0v) is 11.1. The van der Waals surface area contributed by atoms with Gasteiger partial charge in [0, 0.05) is 12.1 Å². The fourth-order valence-corrected chi connectivity index (χ4v) is 2.46. The molecule has 1 amide bonds. The van der Waals surface area contributed by atoms with E-state index in [0.29, 0.717) is 0 Å². The minimum Gasteiger partial charge on any atom is -0.391 e. The quantitative estimate of drug-likeness (QED) is 0.645. The topological polar surface area (TPSA) is 92.5 Å². The second-order valence-electron chi connectivity index (χ2n) is 5.13. The van der Waals surface area contributed by atoms with Crippen molar-refractivity contribution in [1.29, 1.82) is 0 Å². The van der Waals surface area contributed by atoms with Crippen molar-refractivity contribution >= 4 is 11.6 Å². The number of rotatable bonds is 4. The van der Waals surface area contributed by atoms with Gasteiger partial charge >= 0.3 is 0 Å². The van der Waals surface area contributed by atoms with Gasteiger partial charge in [-0.3, -0.25) is 14.9 Å². The predicted octanol–water partition coefficient (Wildman–Crippen LogP) is 1.56.